The number of carbonyl (C=O) groups is 2. The molecule has 11 heavy (non-hydrogen) atoms. The Balaban J connectivity index is 2.18. The lowest BCUT2D eigenvalue weighted by atomic mass is 9.98. The third kappa shape index (κ3) is 0.849. The van der Waals surface area contributed by atoms with Gasteiger partial charge in [0, 0.05) is 5.41 Å². The summed E-state index contributed by atoms with van der Waals surface area (Å²) < 4.78 is 0. The molecule has 2 nitrogen and oxygen atoms in total. The summed E-state index contributed by atoms with van der Waals surface area (Å²) in [6.45, 7) is 1.53. The van der Waals surface area contributed by atoms with Gasteiger partial charge in [-0.3, -0.25) is 9.59 Å². The molecule has 0 bridgehead atoms. The fourth-order valence-corrected chi connectivity index (χ4v) is 2.08. The number of carbonyl (C=O) groups excluding carboxylic acids is 2. The van der Waals surface area contributed by atoms with Gasteiger partial charge in [0.05, 0.1) is 5.92 Å². The van der Waals surface area contributed by atoms with Gasteiger partial charge in [-0.1, -0.05) is 0 Å². The molecule has 2 heteroatoms. The molecule has 0 aromatic heterocycles. The van der Waals surface area contributed by atoms with Crippen LogP contribution in [0.3, 0.4) is 0 Å². The highest BCUT2D eigenvalue weighted by Crippen LogP contribution is 2.57. The van der Waals surface area contributed by atoms with E-state index >= 15 is 0 Å². The van der Waals surface area contributed by atoms with E-state index in [-0.39, 0.29) is 22.9 Å². The Morgan fingerprint density at radius 1 is 1.45 bits per heavy atom. The van der Waals surface area contributed by atoms with Crippen LogP contribution in [0.2, 0.25) is 0 Å². The SMILES string of the molecule is CC(=O)C1CCC2(CC2)C1=O. The normalized spacial score (nSPS) is 32.8. The van der Waals surface area contributed by atoms with Gasteiger partial charge in [0.25, 0.3) is 0 Å². The van der Waals surface area contributed by atoms with Gasteiger partial charge in [-0.05, 0) is 32.6 Å². The minimum atomic E-state index is -0.238. The van der Waals surface area contributed by atoms with Crippen LogP contribution in [0.4, 0.5) is 0 Å². The molecular weight excluding hydrogens is 140 g/mol. The number of Topliss-reactive ketones (excluding diaryl/α,β-unsaturated/α-hetero) is 2. The predicted octanol–water partition coefficient (Wildman–Crippen LogP) is 1.33. The van der Waals surface area contributed by atoms with Crippen LogP contribution in [-0.4, -0.2) is 11.6 Å². The fourth-order valence-electron chi connectivity index (χ4n) is 2.08. The van der Waals surface area contributed by atoms with Crippen LogP contribution in [-0.2, 0) is 9.59 Å². The highest BCUT2D eigenvalue weighted by molar-refractivity contribution is 6.06. The topological polar surface area (TPSA) is 34.1 Å². The first-order valence-electron chi connectivity index (χ1n) is 4.20. The van der Waals surface area contributed by atoms with Crippen molar-refractivity contribution >= 4 is 11.6 Å². The summed E-state index contributed by atoms with van der Waals surface area (Å²) in [6, 6.07) is 0. The van der Waals surface area contributed by atoms with Crippen LogP contribution < -0.4 is 0 Å². The van der Waals surface area contributed by atoms with Crippen molar-refractivity contribution in [1.29, 1.82) is 0 Å². The molecule has 0 saturated heterocycles. The molecule has 0 N–H and O–H groups in total. The number of hydrogen-bond donors (Lipinski definition) is 0. The summed E-state index contributed by atoms with van der Waals surface area (Å²) in [4.78, 5) is 22.5. The highest BCUT2D eigenvalue weighted by Gasteiger charge is 2.56. The number of ketones is 2. The van der Waals surface area contributed by atoms with Crippen molar-refractivity contribution in [2.75, 3.05) is 0 Å². The molecule has 2 rings (SSSR count). The molecule has 0 aliphatic heterocycles. The third-order valence-electron chi connectivity index (χ3n) is 3.10. The van der Waals surface area contributed by atoms with Crippen LogP contribution in [0.1, 0.15) is 32.6 Å². The third-order valence-corrected chi connectivity index (χ3v) is 3.10. The smallest absolute Gasteiger partial charge is 0.149 e. The van der Waals surface area contributed by atoms with Gasteiger partial charge < -0.3 is 0 Å². The van der Waals surface area contributed by atoms with E-state index in [9.17, 15) is 9.59 Å². The maximum absolute atomic E-state index is 11.5. The monoisotopic (exact) mass is 152 g/mol. The lowest BCUT2D eigenvalue weighted by Gasteiger charge is -2.03. The lowest BCUT2D eigenvalue weighted by Crippen LogP contribution is -2.20. The van der Waals surface area contributed by atoms with Crippen LogP contribution in [0.15, 0.2) is 0 Å². The van der Waals surface area contributed by atoms with E-state index in [0.717, 1.165) is 25.7 Å². The maximum Gasteiger partial charge on any atom is 0.149 e. The Labute approximate surface area is 66.0 Å². The zero-order valence-corrected chi connectivity index (χ0v) is 6.72. The van der Waals surface area contributed by atoms with E-state index in [2.05, 4.69) is 0 Å². The minimum absolute atomic E-state index is 0.00363. The van der Waals surface area contributed by atoms with Crippen LogP contribution in [0.25, 0.3) is 0 Å². The van der Waals surface area contributed by atoms with Crippen molar-refractivity contribution in [3.63, 3.8) is 0 Å². The molecule has 2 saturated carbocycles. The molecule has 0 amide bonds. The molecule has 2 aliphatic carbocycles. The van der Waals surface area contributed by atoms with Crippen molar-refractivity contribution < 1.29 is 9.59 Å². The average molecular weight is 152 g/mol. The Morgan fingerprint density at radius 2 is 2.09 bits per heavy atom. The van der Waals surface area contributed by atoms with Crippen LogP contribution in [0.5, 0.6) is 0 Å². The van der Waals surface area contributed by atoms with Gasteiger partial charge in [-0.2, -0.15) is 0 Å². The molecular formula is C9H12O2. The molecule has 0 aromatic carbocycles. The van der Waals surface area contributed by atoms with Gasteiger partial charge in [-0.25, -0.2) is 0 Å². The Morgan fingerprint density at radius 3 is 2.36 bits per heavy atom. The molecule has 1 atom stereocenters. The zero-order chi connectivity index (χ0) is 8.06. The first kappa shape index (κ1) is 7.01. The minimum Gasteiger partial charge on any atom is -0.299 e. The van der Waals surface area contributed by atoms with Crippen molar-refractivity contribution in [2.45, 2.75) is 32.6 Å². The Bertz CT molecular complexity index is 226. The van der Waals surface area contributed by atoms with Crippen molar-refractivity contribution in [3.8, 4) is 0 Å². The standard InChI is InChI=1S/C9H12O2/c1-6(10)7-2-3-9(4-5-9)8(7)11/h7H,2-5H2,1H3. The summed E-state index contributed by atoms with van der Waals surface area (Å²) in [5, 5.41) is 0. The molecule has 0 radical (unpaired) electrons. The summed E-state index contributed by atoms with van der Waals surface area (Å²) in [6.07, 6.45) is 3.86. The van der Waals surface area contributed by atoms with Crippen molar-refractivity contribution in [3.05, 3.63) is 0 Å². The molecule has 2 aliphatic rings. The van der Waals surface area contributed by atoms with Crippen molar-refractivity contribution in [2.24, 2.45) is 11.3 Å². The molecule has 1 spiro atoms. The fraction of sp³-hybridized carbons (Fsp3) is 0.778. The average Bonchev–Trinajstić information content (AvgIpc) is 2.61. The second-order valence-electron chi connectivity index (χ2n) is 3.85. The van der Waals surface area contributed by atoms with Gasteiger partial charge >= 0.3 is 0 Å². The van der Waals surface area contributed by atoms with E-state index in [4.69, 9.17) is 0 Å². The summed E-state index contributed by atoms with van der Waals surface area (Å²) >= 11 is 0. The molecule has 60 valence electrons. The van der Waals surface area contributed by atoms with Gasteiger partial charge in [0.2, 0.25) is 0 Å². The first-order valence-corrected chi connectivity index (χ1v) is 4.20. The quantitative estimate of drug-likeness (QED) is 0.531. The van der Waals surface area contributed by atoms with E-state index < -0.39 is 0 Å². The number of hydrogen-bond acceptors (Lipinski definition) is 2. The summed E-state index contributed by atoms with van der Waals surface area (Å²) in [5.74, 6) is 0.0706. The molecule has 2 fully saturated rings. The van der Waals surface area contributed by atoms with E-state index in [1.807, 2.05) is 0 Å². The number of rotatable bonds is 1. The highest BCUT2D eigenvalue weighted by atomic mass is 16.2. The Kier molecular flexibility index (Phi) is 1.23. The second kappa shape index (κ2) is 1.93. The largest absolute Gasteiger partial charge is 0.299 e. The summed E-state index contributed by atoms with van der Waals surface area (Å²) in [7, 11) is 0. The van der Waals surface area contributed by atoms with Crippen molar-refractivity contribution in [1.82, 2.24) is 0 Å². The van der Waals surface area contributed by atoms with E-state index in [1.165, 1.54) is 6.92 Å². The first-order chi connectivity index (χ1) is 5.16. The molecule has 1 unspecified atom stereocenters. The summed E-state index contributed by atoms with van der Waals surface area (Å²) in [5.41, 5.74) is -0.00363. The van der Waals surface area contributed by atoms with Crippen LogP contribution in [0, 0.1) is 11.3 Å². The lowest BCUT2D eigenvalue weighted by molar-refractivity contribution is -0.132. The molecule has 0 aromatic rings. The van der Waals surface area contributed by atoms with E-state index in [0.29, 0.717) is 0 Å². The van der Waals surface area contributed by atoms with Crippen LogP contribution >= 0.6 is 0 Å². The Hall–Kier alpha value is -0.660. The maximum atomic E-state index is 11.5. The van der Waals surface area contributed by atoms with Gasteiger partial charge in [0.1, 0.15) is 11.6 Å². The second-order valence-corrected chi connectivity index (χ2v) is 3.85. The van der Waals surface area contributed by atoms with Gasteiger partial charge in [-0.15, -0.1) is 0 Å². The molecule has 0 heterocycles. The zero-order valence-electron chi connectivity index (χ0n) is 6.72. The van der Waals surface area contributed by atoms with E-state index in [1.54, 1.807) is 0 Å². The predicted molar refractivity (Wildman–Crippen MR) is 40.1 cm³/mol. The van der Waals surface area contributed by atoms with Gasteiger partial charge in [0.15, 0.2) is 0 Å².